The van der Waals surface area contributed by atoms with E-state index in [1.54, 1.807) is 0 Å². The van der Waals surface area contributed by atoms with E-state index in [1.807, 2.05) is 6.07 Å². The van der Waals surface area contributed by atoms with Gasteiger partial charge in [0.25, 0.3) is 0 Å². The standard InChI is InChI=1S/2C17H14.C15H12/c1-13-7-8-17-12-16(10-9-15(17)11-13)14-5-3-2-4-6-14;1-13-7-8-15-9-10-16(12-17(15)11-13)14-5-3-2-4-6-14;1-11-6-7-14-9-12-4-2-3-5-13(12)10-15(14)8-11/h2*2-12H,1H3;2-10H,1H3. The number of aryl methyl sites for hydroxylation is 3. The predicted octanol–water partition coefficient (Wildman–Crippen LogP) is 13.9. The fourth-order valence-electron chi connectivity index (χ4n) is 6.41. The second kappa shape index (κ2) is 14.4. The topological polar surface area (TPSA) is 0 Å². The minimum absolute atomic E-state index is 1.27. The van der Waals surface area contributed by atoms with Gasteiger partial charge in [-0.05, 0) is 110 Å². The first-order valence-electron chi connectivity index (χ1n) is 17.0. The van der Waals surface area contributed by atoms with Crippen molar-refractivity contribution in [2.45, 2.75) is 20.8 Å². The number of benzene rings is 9. The van der Waals surface area contributed by atoms with E-state index in [-0.39, 0.29) is 0 Å². The summed E-state index contributed by atoms with van der Waals surface area (Å²) < 4.78 is 0. The van der Waals surface area contributed by atoms with Crippen LogP contribution in [0.1, 0.15) is 16.7 Å². The quantitative estimate of drug-likeness (QED) is 0.167. The van der Waals surface area contributed by atoms with Gasteiger partial charge in [0.05, 0.1) is 0 Å². The Morgan fingerprint density at radius 3 is 1.08 bits per heavy atom. The van der Waals surface area contributed by atoms with Crippen LogP contribution in [0.15, 0.2) is 188 Å². The van der Waals surface area contributed by atoms with Crippen LogP contribution in [0.2, 0.25) is 0 Å². The molecule has 0 N–H and O–H groups in total. The van der Waals surface area contributed by atoms with Crippen LogP contribution in [0.3, 0.4) is 0 Å². The molecule has 9 aromatic rings. The summed E-state index contributed by atoms with van der Waals surface area (Å²) in [5.41, 5.74) is 9.04. The zero-order valence-corrected chi connectivity index (χ0v) is 28.4. The Hall–Kier alpha value is -5.98. The van der Waals surface area contributed by atoms with Crippen molar-refractivity contribution in [1.29, 1.82) is 0 Å². The summed E-state index contributed by atoms with van der Waals surface area (Å²) in [5.74, 6) is 0. The van der Waals surface area contributed by atoms with E-state index in [1.165, 1.54) is 82.0 Å². The predicted molar refractivity (Wildman–Crippen MR) is 214 cm³/mol. The SMILES string of the molecule is Cc1ccc2cc(-c3ccccc3)ccc2c1.Cc1ccc2cc3ccccc3cc2c1.Cc1ccc2ccc(-c3ccccc3)cc2c1. The average molecular weight is 629 g/mol. The molecule has 0 unspecified atom stereocenters. The second-order valence-corrected chi connectivity index (χ2v) is 12.9. The molecule has 0 nitrogen and oxygen atoms in total. The van der Waals surface area contributed by atoms with Crippen molar-refractivity contribution < 1.29 is 0 Å². The lowest BCUT2D eigenvalue weighted by atomic mass is 10.0. The molecule has 0 heteroatoms. The monoisotopic (exact) mass is 628 g/mol. The van der Waals surface area contributed by atoms with Crippen LogP contribution in [-0.4, -0.2) is 0 Å². The second-order valence-electron chi connectivity index (χ2n) is 12.9. The highest BCUT2D eigenvalue weighted by Crippen LogP contribution is 2.27. The smallest absolute Gasteiger partial charge is 0.0175 e. The third-order valence-electron chi connectivity index (χ3n) is 9.07. The van der Waals surface area contributed by atoms with E-state index in [0.717, 1.165) is 0 Å². The molecule has 0 spiro atoms. The largest absolute Gasteiger partial charge is 0.0622 e. The lowest BCUT2D eigenvalue weighted by Crippen LogP contribution is -1.79. The molecule has 0 saturated carbocycles. The Labute approximate surface area is 289 Å². The molecule has 0 radical (unpaired) electrons. The third-order valence-corrected chi connectivity index (χ3v) is 9.07. The van der Waals surface area contributed by atoms with Crippen LogP contribution < -0.4 is 0 Å². The van der Waals surface area contributed by atoms with Crippen molar-refractivity contribution in [3.05, 3.63) is 205 Å². The van der Waals surface area contributed by atoms with E-state index < -0.39 is 0 Å². The molecule has 0 heterocycles. The van der Waals surface area contributed by atoms with Gasteiger partial charge < -0.3 is 0 Å². The van der Waals surface area contributed by atoms with E-state index in [4.69, 9.17) is 0 Å². The molecule has 0 aliphatic heterocycles. The van der Waals surface area contributed by atoms with Gasteiger partial charge in [0.2, 0.25) is 0 Å². The molecule has 0 aliphatic carbocycles. The van der Waals surface area contributed by atoms with Crippen LogP contribution in [0.25, 0.3) is 65.3 Å². The third kappa shape index (κ3) is 7.61. The molecule has 49 heavy (non-hydrogen) atoms. The van der Waals surface area contributed by atoms with Gasteiger partial charge in [0, 0.05) is 0 Å². The number of rotatable bonds is 2. The molecule has 0 aromatic heterocycles. The highest BCUT2D eigenvalue weighted by molar-refractivity contribution is 5.98. The van der Waals surface area contributed by atoms with Crippen molar-refractivity contribution in [3.63, 3.8) is 0 Å². The summed E-state index contributed by atoms with van der Waals surface area (Å²) in [6, 6.07) is 67.1. The van der Waals surface area contributed by atoms with Crippen LogP contribution >= 0.6 is 0 Å². The minimum atomic E-state index is 1.27. The maximum atomic E-state index is 2.26. The number of hydrogen-bond acceptors (Lipinski definition) is 0. The molecule has 0 saturated heterocycles. The Morgan fingerprint density at radius 2 is 0.531 bits per heavy atom. The highest BCUT2D eigenvalue weighted by atomic mass is 14.1. The maximum absolute atomic E-state index is 2.26. The Balaban J connectivity index is 0.000000116. The summed E-state index contributed by atoms with van der Waals surface area (Å²) in [5, 5.41) is 10.5. The van der Waals surface area contributed by atoms with Crippen molar-refractivity contribution in [2.24, 2.45) is 0 Å². The molecular weight excluding hydrogens is 589 g/mol. The molecule has 9 rings (SSSR count). The van der Waals surface area contributed by atoms with Crippen molar-refractivity contribution in [1.82, 2.24) is 0 Å². The zero-order chi connectivity index (χ0) is 33.6. The van der Waals surface area contributed by atoms with Gasteiger partial charge in [-0.2, -0.15) is 0 Å². The lowest BCUT2D eigenvalue weighted by Gasteiger charge is -2.04. The summed E-state index contributed by atoms with van der Waals surface area (Å²) in [6.45, 7) is 6.40. The molecule has 0 fully saturated rings. The fourth-order valence-corrected chi connectivity index (χ4v) is 6.41. The van der Waals surface area contributed by atoms with Crippen LogP contribution in [0.4, 0.5) is 0 Å². The molecule has 0 bridgehead atoms. The maximum Gasteiger partial charge on any atom is -0.0175 e. The van der Waals surface area contributed by atoms with Gasteiger partial charge in [-0.1, -0.05) is 180 Å². The highest BCUT2D eigenvalue weighted by Gasteiger charge is 2.01. The summed E-state index contributed by atoms with van der Waals surface area (Å²) in [4.78, 5) is 0. The molecule has 9 aromatic carbocycles. The van der Waals surface area contributed by atoms with Crippen LogP contribution in [0, 0.1) is 20.8 Å². The van der Waals surface area contributed by atoms with Crippen LogP contribution in [0.5, 0.6) is 0 Å². The first kappa shape index (κ1) is 31.6. The van der Waals surface area contributed by atoms with E-state index >= 15 is 0 Å². The van der Waals surface area contributed by atoms with E-state index in [9.17, 15) is 0 Å². The van der Waals surface area contributed by atoms with Crippen molar-refractivity contribution in [2.75, 3.05) is 0 Å². The van der Waals surface area contributed by atoms with Crippen LogP contribution in [-0.2, 0) is 0 Å². The van der Waals surface area contributed by atoms with Gasteiger partial charge in [-0.25, -0.2) is 0 Å². The van der Waals surface area contributed by atoms with E-state index in [2.05, 4.69) is 203 Å². The normalized spacial score (nSPS) is 10.8. The number of hydrogen-bond donors (Lipinski definition) is 0. The first-order chi connectivity index (χ1) is 24.0. The Bertz CT molecular complexity index is 2510. The molecule has 0 aliphatic rings. The molecule has 0 atom stereocenters. The first-order valence-corrected chi connectivity index (χ1v) is 17.0. The van der Waals surface area contributed by atoms with Crippen molar-refractivity contribution >= 4 is 43.1 Å². The van der Waals surface area contributed by atoms with Crippen molar-refractivity contribution in [3.8, 4) is 22.3 Å². The Morgan fingerprint density at radius 1 is 0.204 bits per heavy atom. The molecule has 0 amide bonds. The lowest BCUT2D eigenvalue weighted by molar-refractivity contribution is 1.50. The summed E-state index contributed by atoms with van der Waals surface area (Å²) in [7, 11) is 0. The van der Waals surface area contributed by atoms with Gasteiger partial charge in [-0.15, -0.1) is 0 Å². The van der Waals surface area contributed by atoms with E-state index in [0.29, 0.717) is 0 Å². The summed E-state index contributed by atoms with van der Waals surface area (Å²) >= 11 is 0. The molecule has 236 valence electrons. The average Bonchev–Trinajstić information content (AvgIpc) is 3.14. The van der Waals surface area contributed by atoms with Gasteiger partial charge in [-0.3, -0.25) is 0 Å². The van der Waals surface area contributed by atoms with Gasteiger partial charge in [0.15, 0.2) is 0 Å². The Kier molecular flexibility index (Phi) is 9.30. The summed E-state index contributed by atoms with van der Waals surface area (Å²) in [6.07, 6.45) is 0. The fraction of sp³-hybridized carbons (Fsp3) is 0.0612. The number of fused-ring (bicyclic) bond motifs is 4. The molecular formula is C49H40. The van der Waals surface area contributed by atoms with Gasteiger partial charge >= 0.3 is 0 Å². The van der Waals surface area contributed by atoms with Gasteiger partial charge in [0.1, 0.15) is 0 Å². The zero-order valence-electron chi connectivity index (χ0n) is 28.4. The minimum Gasteiger partial charge on any atom is -0.0622 e.